The van der Waals surface area contributed by atoms with E-state index in [-0.39, 0.29) is 12.3 Å². The molecule has 0 radical (unpaired) electrons. The number of hydrogen-bond donors (Lipinski definition) is 2. The van der Waals surface area contributed by atoms with Crippen molar-refractivity contribution in [3.05, 3.63) is 89.5 Å². The minimum atomic E-state index is -0.858. The molecule has 1 aliphatic rings. The van der Waals surface area contributed by atoms with Crippen LogP contribution in [0.1, 0.15) is 36.0 Å². The second-order valence-electron chi connectivity index (χ2n) is 9.00. The lowest BCUT2D eigenvalue weighted by Gasteiger charge is -2.36. The molecule has 2 N–H and O–H groups in total. The lowest BCUT2D eigenvalue weighted by Crippen LogP contribution is -2.45. The van der Waals surface area contributed by atoms with E-state index in [1.807, 2.05) is 36.4 Å². The van der Waals surface area contributed by atoms with Crippen LogP contribution in [0.2, 0.25) is 0 Å². The van der Waals surface area contributed by atoms with E-state index in [9.17, 15) is 9.90 Å². The molecule has 6 nitrogen and oxygen atoms in total. The second kappa shape index (κ2) is 12.1. The molecule has 0 bridgehead atoms. The van der Waals surface area contributed by atoms with Gasteiger partial charge in [-0.1, -0.05) is 42.3 Å². The lowest BCUT2D eigenvalue weighted by molar-refractivity contribution is -0.137. The van der Waals surface area contributed by atoms with E-state index in [2.05, 4.69) is 45.9 Å². The van der Waals surface area contributed by atoms with Crippen molar-refractivity contribution in [3.8, 4) is 23.3 Å². The summed E-state index contributed by atoms with van der Waals surface area (Å²) in [7, 11) is 0. The van der Waals surface area contributed by atoms with Crippen LogP contribution < -0.4 is 9.64 Å². The van der Waals surface area contributed by atoms with Gasteiger partial charge in [0.15, 0.2) is 0 Å². The van der Waals surface area contributed by atoms with Crippen molar-refractivity contribution >= 4 is 11.7 Å². The Bertz CT molecular complexity index is 1190. The number of aromatic hydroxyl groups is 1. The summed E-state index contributed by atoms with van der Waals surface area (Å²) in [5.41, 5.74) is 4.41. The van der Waals surface area contributed by atoms with Crippen molar-refractivity contribution in [2.45, 2.75) is 32.4 Å². The van der Waals surface area contributed by atoms with E-state index < -0.39 is 5.97 Å². The number of phenols is 1. The highest BCUT2D eigenvalue weighted by Gasteiger charge is 2.17. The smallest absolute Gasteiger partial charge is 0.304 e. The Kier molecular flexibility index (Phi) is 8.48. The van der Waals surface area contributed by atoms with E-state index in [1.165, 1.54) is 5.56 Å². The number of rotatable bonds is 9. The third kappa shape index (κ3) is 7.03. The number of aliphatic carboxylic acids is 1. The molecule has 1 atom stereocenters. The summed E-state index contributed by atoms with van der Waals surface area (Å²) in [6, 6.07) is 23.5. The van der Waals surface area contributed by atoms with Gasteiger partial charge in [0.2, 0.25) is 0 Å². The first-order valence-corrected chi connectivity index (χ1v) is 12.2. The number of phenolic OH excluding ortho intramolecular Hbond substituents is 1. The zero-order valence-corrected chi connectivity index (χ0v) is 20.6. The molecule has 6 heteroatoms. The average Bonchev–Trinajstić information content (AvgIpc) is 2.89. The Balaban J connectivity index is 1.24. The van der Waals surface area contributed by atoms with Gasteiger partial charge >= 0.3 is 5.97 Å². The first-order chi connectivity index (χ1) is 17.5. The molecule has 186 valence electrons. The predicted molar refractivity (Wildman–Crippen MR) is 141 cm³/mol. The second-order valence-corrected chi connectivity index (χ2v) is 9.00. The van der Waals surface area contributed by atoms with Crippen LogP contribution >= 0.6 is 0 Å². The minimum Gasteiger partial charge on any atom is -0.508 e. The van der Waals surface area contributed by atoms with Gasteiger partial charge in [0.05, 0.1) is 12.3 Å². The van der Waals surface area contributed by atoms with Gasteiger partial charge in [0.1, 0.15) is 18.1 Å². The quantitative estimate of drug-likeness (QED) is 0.422. The monoisotopic (exact) mass is 484 g/mol. The zero-order chi connectivity index (χ0) is 25.3. The van der Waals surface area contributed by atoms with Crippen molar-refractivity contribution < 1.29 is 19.7 Å². The number of nitrogens with zero attached hydrogens (tertiary/aromatic N) is 2. The van der Waals surface area contributed by atoms with Gasteiger partial charge in [-0.25, -0.2) is 0 Å². The highest BCUT2D eigenvalue weighted by molar-refractivity contribution is 5.69. The topological polar surface area (TPSA) is 73.2 Å². The van der Waals surface area contributed by atoms with Crippen molar-refractivity contribution in [3.63, 3.8) is 0 Å². The third-order valence-electron chi connectivity index (χ3n) is 6.40. The highest BCUT2D eigenvalue weighted by Crippen LogP contribution is 2.23. The molecule has 36 heavy (non-hydrogen) atoms. The summed E-state index contributed by atoms with van der Waals surface area (Å²) in [5, 5.41) is 18.6. The molecule has 0 aromatic heterocycles. The van der Waals surface area contributed by atoms with E-state index in [0.29, 0.717) is 12.4 Å². The summed E-state index contributed by atoms with van der Waals surface area (Å²) >= 11 is 0. The molecule has 4 rings (SSSR count). The third-order valence-corrected chi connectivity index (χ3v) is 6.40. The Hall–Kier alpha value is -3.95. The van der Waals surface area contributed by atoms with Crippen LogP contribution in [0.4, 0.5) is 5.69 Å². The Morgan fingerprint density at radius 2 is 1.56 bits per heavy atom. The highest BCUT2D eigenvalue weighted by atomic mass is 16.5. The van der Waals surface area contributed by atoms with Gasteiger partial charge in [-0.3, -0.25) is 9.69 Å². The van der Waals surface area contributed by atoms with Gasteiger partial charge in [-0.2, -0.15) is 0 Å². The molecule has 0 aliphatic carbocycles. The van der Waals surface area contributed by atoms with Crippen molar-refractivity contribution in [1.29, 1.82) is 0 Å². The lowest BCUT2D eigenvalue weighted by atomic mass is 9.96. The van der Waals surface area contributed by atoms with Crippen molar-refractivity contribution in [1.82, 2.24) is 4.90 Å². The summed E-state index contributed by atoms with van der Waals surface area (Å²) in [4.78, 5) is 15.9. The first-order valence-electron chi connectivity index (χ1n) is 12.2. The fraction of sp³-hybridized carbons (Fsp3) is 0.300. The van der Waals surface area contributed by atoms with Crippen LogP contribution in [0.5, 0.6) is 11.5 Å². The van der Waals surface area contributed by atoms with Crippen LogP contribution in [0.3, 0.4) is 0 Å². The molecule has 0 amide bonds. The molecular formula is C30H32N2O4. The number of benzene rings is 3. The molecule has 3 aromatic carbocycles. The number of hydrogen-bond acceptors (Lipinski definition) is 5. The maximum Gasteiger partial charge on any atom is 0.304 e. The SMILES string of the molecule is CC#C[C@@H](CC(=O)O)c1ccc(OCc2ccc(CN3CCN(c4ccc(O)cc4)CC3)cc2)cc1. The molecule has 0 saturated carbocycles. The molecule has 1 heterocycles. The summed E-state index contributed by atoms with van der Waals surface area (Å²) in [6.07, 6.45) is -0.0124. The molecule has 1 aliphatic heterocycles. The molecule has 0 unspecified atom stereocenters. The molecule has 3 aromatic rings. The van der Waals surface area contributed by atoms with Crippen LogP contribution in [0.15, 0.2) is 72.8 Å². The molecule has 1 fully saturated rings. The van der Waals surface area contributed by atoms with Gasteiger partial charge < -0.3 is 19.8 Å². The standard InChI is InChI=1S/C30H32N2O4/c1-2-3-26(20-30(34)35)25-8-14-29(15-9-25)36-22-24-6-4-23(5-7-24)21-31-16-18-32(19-17-31)27-10-12-28(33)13-11-27/h4-15,26,33H,16-22H2,1H3,(H,34,35)/t26-/m0/s1. The number of anilines is 1. The van der Waals surface area contributed by atoms with Crippen molar-refractivity contribution in [2.75, 3.05) is 31.1 Å². The Morgan fingerprint density at radius 3 is 2.17 bits per heavy atom. The van der Waals surface area contributed by atoms with Crippen LogP contribution in [0, 0.1) is 11.8 Å². The summed E-state index contributed by atoms with van der Waals surface area (Å²) in [6.45, 7) is 7.05. The van der Waals surface area contributed by atoms with E-state index >= 15 is 0 Å². The summed E-state index contributed by atoms with van der Waals surface area (Å²) < 4.78 is 5.93. The predicted octanol–water partition coefficient (Wildman–Crippen LogP) is 4.88. The largest absolute Gasteiger partial charge is 0.508 e. The van der Waals surface area contributed by atoms with Gasteiger partial charge in [-0.15, -0.1) is 5.92 Å². The minimum absolute atomic E-state index is 0.0124. The number of carboxylic acid groups (broad SMARTS) is 1. The van der Waals surface area contributed by atoms with Crippen LogP contribution in [0.25, 0.3) is 0 Å². The number of carbonyl (C=O) groups is 1. The first kappa shape index (κ1) is 25.2. The fourth-order valence-corrected chi connectivity index (χ4v) is 4.39. The molecule has 1 saturated heterocycles. The maximum absolute atomic E-state index is 11.1. The summed E-state index contributed by atoms with van der Waals surface area (Å²) in [5.74, 6) is 5.65. The Labute approximate surface area is 212 Å². The van der Waals surface area contributed by atoms with Gasteiger partial charge in [0, 0.05) is 38.4 Å². The fourth-order valence-electron chi connectivity index (χ4n) is 4.39. The maximum atomic E-state index is 11.1. The van der Waals surface area contributed by atoms with Gasteiger partial charge in [-0.05, 0) is 60.0 Å². The number of carboxylic acids is 1. The van der Waals surface area contributed by atoms with E-state index in [0.717, 1.165) is 55.3 Å². The van der Waals surface area contributed by atoms with Crippen molar-refractivity contribution in [2.24, 2.45) is 0 Å². The molecular weight excluding hydrogens is 452 g/mol. The number of ether oxygens (including phenoxy) is 1. The van der Waals surface area contributed by atoms with Crippen LogP contribution in [-0.2, 0) is 17.9 Å². The van der Waals surface area contributed by atoms with E-state index in [1.54, 1.807) is 19.1 Å². The molecule has 0 spiro atoms. The number of piperazine rings is 1. The zero-order valence-electron chi connectivity index (χ0n) is 20.6. The Morgan fingerprint density at radius 1 is 0.917 bits per heavy atom. The van der Waals surface area contributed by atoms with Gasteiger partial charge in [0.25, 0.3) is 0 Å². The average molecular weight is 485 g/mol. The van der Waals surface area contributed by atoms with Crippen LogP contribution in [-0.4, -0.2) is 47.3 Å². The van der Waals surface area contributed by atoms with E-state index in [4.69, 9.17) is 9.84 Å². The normalized spacial score (nSPS) is 14.5.